The van der Waals surface area contributed by atoms with Gasteiger partial charge in [0.25, 0.3) is 5.91 Å². The minimum absolute atomic E-state index is 0.478. The molecule has 13 heavy (non-hydrogen) atoms. The van der Waals surface area contributed by atoms with Crippen LogP contribution in [0.1, 0.15) is 5.56 Å². The van der Waals surface area contributed by atoms with Gasteiger partial charge < -0.3 is 10.6 Å². The highest BCUT2D eigenvalue weighted by Gasteiger charge is 2.25. The molecule has 1 atom stereocenters. The molecule has 2 rings (SSSR count). The molecule has 1 aliphatic rings. The van der Waals surface area contributed by atoms with Gasteiger partial charge >= 0.3 is 0 Å². The third-order valence-corrected chi connectivity index (χ3v) is 1.95. The molecule has 1 aliphatic heterocycles. The van der Waals surface area contributed by atoms with E-state index in [1.54, 1.807) is 6.07 Å². The zero-order chi connectivity index (χ0) is 9.26. The fourth-order valence-corrected chi connectivity index (χ4v) is 1.25. The Morgan fingerprint density at radius 1 is 1.46 bits per heavy atom. The van der Waals surface area contributed by atoms with Crippen LogP contribution in [0.3, 0.4) is 0 Å². The van der Waals surface area contributed by atoms with Crippen LogP contribution in [0.5, 0.6) is 5.75 Å². The number of carbonyl (C=O) groups is 1. The minimum Gasteiger partial charge on any atom is -0.367 e. The average Bonchev–Trinajstić information content (AvgIpc) is 2.17. The molecule has 1 aromatic carbocycles. The van der Waals surface area contributed by atoms with E-state index in [4.69, 9.17) is 15.5 Å². The number of amides is 1. The van der Waals surface area contributed by atoms with Crippen LogP contribution in [0, 0.1) is 0 Å². The van der Waals surface area contributed by atoms with Crippen molar-refractivity contribution in [2.45, 2.75) is 12.5 Å². The molecular formula is C9H9NO3. The van der Waals surface area contributed by atoms with Gasteiger partial charge in [0.1, 0.15) is 0 Å². The Bertz CT molecular complexity index is 337. The van der Waals surface area contributed by atoms with Crippen LogP contribution in [0.25, 0.3) is 0 Å². The van der Waals surface area contributed by atoms with Crippen LogP contribution < -0.4 is 10.6 Å². The number of nitrogens with two attached hydrogens (primary N) is 1. The summed E-state index contributed by atoms with van der Waals surface area (Å²) in [6, 6.07) is 7.39. The highest BCUT2D eigenvalue weighted by atomic mass is 17.2. The zero-order valence-electron chi connectivity index (χ0n) is 6.90. The Kier molecular flexibility index (Phi) is 1.90. The molecule has 2 N–H and O–H groups in total. The number of carbonyl (C=O) groups excluding carboxylic acids is 1. The van der Waals surface area contributed by atoms with Gasteiger partial charge in [-0.3, -0.25) is 4.79 Å². The summed E-state index contributed by atoms with van der Waals surface area (Å²) in [6.07, 6.45) is -0.194. The molecule has 1 unspecified atom stereocenters. The number of hydrogen-bond donors (Lipinski definition) is 1. The first-order valence-corrected chi connectivity index (χ1v) is 3.98. The Morgan fingerprint density at radius 2 is 2.23 bits per heavy atom. The number of para-hydroxylation sites is 1. The van der Waals surface area contributed by atoms with E-state index < -0.39 is 12.0 Å². The lowest BCUT2D eigenvalue weighted by molar-refractivity contribution is -0.248. The van der Waals surface area contributed by atoms with E-state index in [2.05, 4.69) is 0 Å². The van der Waals surface area contributed by atoms with Crippen LogP contribution >= 0.6 is 0 Å². The van der Waals surface area contributed by atoms with Crippen molar-refractivity contribution < 1.29 is 14.6 Å². The number of hydrogen-bond acceptors (Lipinski definition) is 3. The van der Waals surface area contributed by atoms with Gasteiger partial charge in [0.05, 0.1) is 0 Å². The van der Waals surface area contributed by atoms with Gasteiger partial charge in [0.2, 0.25) is 0 Å². The normalized spacial score (nSPS) is 20.2. The Morgan fingerprint density at radius 3 is 3.00 bits per heavy atom. The van der Waals surface area contributed by atoms with Gasteiger partial charge in [-0.2, -0.15) is 4.89 Å². The summed E-state index contributed by atoms with van der Waals surface area (Å²) in [6.45, 7) is 0. The lowest BCUT2D eigenvalue weighted by atomic mass is 10.1. The third-order valence-electron chi connectivity index (χ3n) is 1.95. The van der Waals surface area contributed by atoms with E-state index >= 15 is 0 Å². The molecule has 0 saturated heterocycles. The first kappa shape index (κ1) is 8.07. The van der Waals surface area contributed by atoms with E-state index in [0.717, 1.165) is 5.56 Å². The highest BCUT2D eigenvalue weighted by molar-refractivity contribution is 5.79. The second-order valence-corrected chi connectivity index (χ2v) is 2.88. The van der Waals surface area contributed by atoms with Crippen molar-refractivity contribution in [2.24, 2.45) is 5.73 Å². The number of primary amides is 1. The van der Waals surface area contributed by atoms with E-state index in [0.29, 0.717) is 12.2 Å². The molecule has 0 spiro atoms. The standard InChI is InChI=1S/C9H9NO3/c10-9(11)8-5-6-3-1-2-4-7(6)12-13-8/h1-4,8H,5H2,(H2,10,11). The second kappa shape index (κ2) is 3.06. The largest absolute Gasteiger partial charge is 0.367 e. The van der Waals surface area contributed by atoms with Crippen molar-refractivity contribution in [3.63, 3.8) is 0 Å². The molecule has 0 fully saturated rings. The van der Waals surface area contributed by atoms with Crippen molar-refractivity contribution in [3.8, 4) is 5.75 Å². The molecule has 1 aromatic rings. The number of rotatable bonds is 1. The predicted molar refractivity (Wildman–Crippen MR) is 44.8 cm³/mol. The number of fused-ring (bicyclic) bond motifs is 1. The van der Waals surface area contributed by atoms with Gasteiger partial charge in [0.15, 0.2) is 11.9 Å². The quantitative estimate of drug-likeness (QED) is 0.635. The smallest absolute Gasteiger partial charge is 0.251 e. The van der Waals surface area contributed by atoms with Crippen molar-refractivity contribution in [1.82, 2.24) is 0 Å². The summed E-state index contributed by atoms with van der Waals surface area (Å²) in [4.78, 5) is 20.5. The van der Waals surface area contributed by atoms with E-state index in [1.165, 1.54) is 0 Å². The van der Waals surface area contributed by atoms with Crippen molar-refractivity contribution in [1.29, 1.82) is 0 Å². The molecule has 1 amide bonds. The summed E-state index contributed by atoms with van der Waals surface area (Å²) >= 11 is 0. The van der Waals surface area contributed by atoms with E-state index in [1.807, 2.05) is 18.2 Å². The first-order chi connectivity index (χ1) is 6.27. The lowest BCUT2D eigenvalue weighted by Crippen LogP contribution is -2.36. The second-order valence-electron chi connectivity index (χ2n) is 2.88. The Labute approximate surface area is 75.2 Å². The zero-order valence-corrected chi connectivity index (χ0v) is 6.90. The van der Waals surface area contributed by atoms with Crippen LogP contribution in [0.15, 0.2) is 24.3 Å². The first-order valence-electron chi connectivity index (χ1n) is 3.98. The fraction of sp³-hybridized carbons (Fsp3) is 0.222. The van der Waals surface area contributed by atoms with Crippen molar-refractivity contribution >= 4 is 5.91 Å². The molecule has 0 bridgehead atoms. The van der Waals surface area contributed by atoms with Crippen LogP contribution in [0.4, 0.5) is 0 Å². The molecular weight excluding hydrogens is 170 g/mol. The summed E-state index contributed by atoms with van der Waals surface area (Å²) in [5.41, 5.74) is 6.02. The molecule has 1 heterocycles. The molecule has 0 aromatic heterocycles. The number of benzene rings is 1. The monoisotopic (exact) mass is 179 g/mol. The Balaban J connectivity index is 2.24. The van der Waals surface area contributed by atoms with Gasteiger partial charge in [-0.25, -0.2) is 0 Å². The van der Waals surface area contributed by atoms with E-state index in [9.17, 15) is 4.79 Å². The summed E-state index contributed by atoms with van der Waals surface area (Å²) in [7, 11) is 0. The fourth-order valence-electron chi connectivity index (χ4n) is 1.25. The molecule has 4 heteroatoms. The maximum absolute atomic E-state index is 10.8. The van der Waals surface area contributed by atoms with Crippen LogP contribution in [0.2, 0.25) is 0 Å². The maximum atomic E-state index is 10.8. The van der Waals surface area contributed by atoms with Gasteiger partial charge in [-0.15, -0.1) is 0 Å². The highest BCUT2D eigenvalue weighted by Crippen LogP contribution is 2.25. The summed E-state index contributed by atoms with van der Waals surface area (Å²) in [5, 5.41) is 0. The molecule has 0 radical (unpaired) electrons. The third kappa shape index (κ3) is 1.48. The molecule has 68 valence electrons. The molecule has 0 saturated carbocycles. The molecule has 0 aliphatic carbocycles. The summed E-state index contributed by atoms with van der Waals surface area (Å²) < 4.78 is 0. The topological polar surface area (TPSA) is 61.6 Å². The SMILES string of the molecule is NC(=O)C1Cc2ccccc2OO1. The van der Waals surface area contributed by atoms with Crippen LogP contribution in [-0.2, 0) is 16.1 Å². The lowest BCUT2D eigenvalue weighted by Gasteiger charge is -2.20. The predicted octanol–water partition coefficient (Wildman–Crippen LogP) is 0.407. The van der Waals surface area contributed by atoms with Gasteiger partial charge in [0, 0.05) is 12.0 Å². The summed E-state index contributed by atoms with van der Waals surface area (Å²) in [5.74, 6) is 0.148. The van der Waals surface area contributed by atoms with Gasteiger partial charge in [-0.1, -0.05) is 18.2 Å². The van der Waals surface area contributed by atoms with Gasteiger partial charge in [-0.05, 0) is 6.07 Å². The van der Waals surface area contributed by atoms with E-state index in [-0.39, 0.29) is 0 Å². The van der Waals surface area contributed by atoms with Crippen LogP contribution in [-0.4, -0.2) is 12.0 Å². The maximum Gasteiger partial charge on any atom is 0.251 e. The van der Waals surface area contributed by atoms with Crippen molar-refractivity contribution in [2.75, 3.05) is 0 Å². The minimum atomic E-state index is -0.671. The van der Waals surface area contributed by atoms with Crippen molar-refractivity contribution in [3.05, 3.63) is 29.8 Å². The molecule has 4 nitrogen and oxygen atoms in total. The Hall–Kier alpha value is -1.55. The average molecular weight is 179 g/mol.